The molecule has 0 amide bonds. The predicted octanol–water partition coefficient (Wildman–Crippen LogP) is 0.273. The zero-order valence-corrected chi connectivity index (χ0v) is 4.61. The summed E-state index contributed by atoms with van der Waals surface area (Å²) in [7, 11) is 5.28. The largest absolute Gasteiger partial charge is 0.235 e. The lowest BCUT2D eigenvalue weighted by molar-refractivity contribution is 1.28. The van der Waals surface area contributed by atoms with E-state index in [0.717, 1.165) is 0 Å². The van der Waals surface area contributed by atoms with E-state index in [4.69, 9.17) is 7.85 Å². The molecule has 0 saturated carbocycles. The van der Waals surface area contributed by atoms with Crippen LogP contribution in [0, 0.1) is 4.91 Å². The zero-order valence-electron chi connectivity index (χ0n) is 4.61. The Bertz CT molecular complexity index is 209. The van der Waals surface area contributed by atoms with Gasteiger partial charge in [0.05, 0.1) is 0 Å². The van der Waals surface area contributed by atoms with E-state index in [1.54, 1.807) is 6.07 Å². The molecule has 0 aromatic carbocycles. The Morgan fingerprint density at radius 1 is 1.56 bits per heavy atom. The quantitative estimate of drug-likeness (QED) is 0.392. The fourth-order valence-corrected chi connectivity index (χ4v) is 0.451. The summed E-state index contributed by atoms with van der Waals surface area (Å²) in [5.41, 5.74) is 0.530. The molecule has 0 N–H and O–H groups in total. The second-order valence-electron chi connectivity index (χ2n) is 1.54. The van der Waals surface area contributed by atoms with Crippen LogP contribution in [0.4, 0.5) is 5.82 Å². The van der Waals surface area contributed by atoms with Crippen molar-refractivity contribution >= 4 is 19.1 Å². The fraction of sp³-hybridized carbons (Fsp3) is 0. The third-order valence-electron chi connectivity index (χ3n) is 0.864. The Labute approximate surface area is 53.5 Å². The van der Waals surface area contributed by atoms with Gasteiger partial charge in [0.1, 0.15) is 7.85 Å². The number of aromatic nitrogens is 1. The monoisotopic (exact) mass is 118 g/mol. The van der Waals surface area contributed by atoms with Crippen molar-refractivity contribution in [3.8, 4) is 0 Å². The van der Waals surface area contributed by atoms with Crippen molar-refractivity contribution in [2.24, 2.45) is 5.18 Å². The highest BCUT2D eigenvalue weighted by atomic mass is 16.3. The second kappa shape index (κ2) is 2.39. The minimum Gasteiger partial charge on any atom is -0.235 e. The Kier molecular flexibility index (Phi) is 1.58. The van der Waals surface area contributed by atoms with Gasteiger partial charge in [-0.05, 0) is 11.2 Å². The van der Waals surface area contributed by atoms with Crippen molar-refractivity contribution in [1.82, 2.24) is 4.98 Å². The van der Waals surface area contributed by atoms with Crippen LogP contribution in [-0.4, -0.2) is 12.8 Å². The van der Waals surface area contributed by atoms with Crippen molar-refractivity contribution in [3.63, 3.8) is 0 Å². The first-order valence-electron chi connectivity index (χ1n) is 2.38. The van der Waals surface area contributed by atoms with Gasteiger partial charge in [0.25, 0.3) is 0 Å². The van der Waals surface area contributed by atoms with Gasteiger partial charge in [-0.15, -0.1) is 4.91 Å². The number of rotatable bonds is 1. The van der Waals surface area contributed by atoms with E-state index in [9.17, 15) is 4.91 Å². The summed E-state index contributed by atoms with van der Waals surface area (Å²) in [6, 6.07) is 3.03. The number of nitroso groups, excluding NO2 is 1. The Morgan fingerprint density at radius 3 is 2.78 bits per heavy atom. The van der Waals surface area contributed by atoms with Crippen LogP contribution in [0.5, 0.6) is 0 Å². The maximum absolute atomic E-state index is 9.76. The van der Waals surface area contributed by atoms with Gasteiger partial charge < -0.3 is 0 Å². The van der Waals surface area contributed by atoms with Crippen molar-refractivity contribution in [2.45, 2.75) is 0 Å². The number of hydrogen-bond acceptors (Lipinski definition) is 3. The first kappa shape index (κ1) is 5.94. The van der Waals surface area contributed by atoms with Gasteiger partial charge in [0, 0.05) is 6.20 Å². The van der Waals surface area contributed by atoms with Crippen molar-refractivity contribution in [1.29, 1.82) is 0 Å². The third-order valence-corrected chi connectivity index (χ3v) is 0.864. The maximum atomic E-state index is 9.76. The smallest absolute Gasteiger partial charge is 0.196 e. The number of nitrogens with zero attached hydrogens (tertiary/aromatic N) is 2. The maximum Gasteiger partial charge on any atom is 0.196 e. The van der Waals surface area contributed by atoms with Gasteiger partial charge in [-0.25, -0.2) is 4.98 Å². The zero-order chi connectivity index (χ0) is 6.69. The van der Waals surface area contributed by atoms with Crippen molar-refractivity contribution in [3.05, 3.63) is 23.2 Å². The van der Waals surface area contributed by atoms with E-state index < -0.39 is 0 Å². The number of hydrogen-bond donors (Lipinski definition) is 0. The lowest BCUT2D eigenvalue weighted by Gasteiger charge is -1.87. The van der Waals surface area contributed by atoms with E-state index in [2.05, 4.69) is 10.2 Å². The molecule has 0 unspecified atom stereocenters. The van der Waals surface area contributed by atoms with E-state index >= 15 is 0 Å². The van der Waals surface area contributed by atoms with E-state index in [-0.39, 0.29) is 5.82 Å². The molecule has 42 valence electrons. The summed E-state index contributed by atoms with van der Waals surface area (Å²) in [5.74, 6) is 0.157. The van der Waals surface area contributed by atoms with Crippen LogP contribution in [0.2, 0.25) is 0 Å². The summed E-state index contributed by atoms with van der Waals surface area (Å²) in [4.78, 5) is 13.4. The Morgan fingerprint density at radius 2 is 2.33 bits per heavy atom. The van der Waals surface area contributed by atoms with E-state index in [1.165, 1.54) is 12.3 Å². The molecule has 1 rings (SSSR count). The molecule has 9 heavy (non-hydrogen) atoms. The van der Waals surface area contributed by atoms with E-state index in [1.807, 2.05) is 0 Å². The average Bonchev–Trinajstić information content (AvgIpc) is 1.90. The molecule has 3 nitrogen and oxygen atoms in total. The average molecular weight is 118 g/mol. The van der Waals surface area contributed by atoms with Crippen LogP contribution >= 0.6 is 0 Å². The molecule has 0 bridgehead atoms. The molecule has 0 aliphatic carbocycles. The SMILES string of the molecule is [B]c1ccc(N=O)nc1. The normalized spacial score (nSPS) is 8.89. The van der Waals surface area contributed by atoms with E-state index in [0.29, 0.717) is 5.46 Å². The molecule has 1 aromatic rings. The molecule has 0 fully saturated rings. The van der Waals surface area contributed by atoms with Crippen LogP contribution in [0.15, 0.2) is 23.5 Å². The minimum absolute atomic E-state index is 0.157. The molecule has 0 saturated heterocycles. The van der Waals surface area contributed by atoms with Crippen LogP contribution < -0.4 is 5.46 Å². The third kappa shape index (κ3) is 1.35. The van der Waals surface area contributed by atoms with Gasteiger partial charge in [0.2, 0.25) is 0 Å². The Hall–Kier alpha value is -1.19. The summed E-state index contributed by atoms with van der Waals surface area (Å²) in [6.45, 7) is 0. The van der Waals surface area contributed by atoms with Gasteiger partial charge in [0.15, 0.2) is 5.82 Å². The minimum atomic E-state index is 0.157. The highest BCUT2D eigenvalue weighted by molar-refractivity contribution is 6.32. The molecule has 1 heterocycles. The van der Waals surface area contributed by atoms with Crippen LogP contribution in [0.25, 0.3) is 0 Å². The van der Waals surface area contributed by atoms with Gasteiger partial charge >= 0.3 is 0 Å². The highest BCUT2D eigenvalue weighted by Crippen LogP contribution is 2.00. The molecule has 4 heteroatoms. The topological polar surface area (TPSA) is 42.3 Å². The molecule has 0 aliphatic rings. The van der Waals surface area contributed by atoms with Gasteiger partial charge in [-0.3, -0.25) is 0 Å². The van der Waals surface area contributed by atoms with Gasteiger partial charge in [-0.1, -0.05) is 11.5 Å². The summed E-state index contributed by atoms with van der Waals surface area (Å²) < 4.78 is 0. The predicted molar refractivity (Wildman–Crippen MR) is 35.1 cm³/mol. The van der Waals surface area contributed by atoms with Crippen LogP contribution in [0.1, 0.15) is 0 Å². The lowest BCUT2D eigenvalue weighted by atomic mass is 9.99. The van der Waals surface area contributed by atoms with Crippen LogP contribution in [0.3, 0.4) is 0 Å². The highest BCUT2D eigenvalue weighted by Gasteiger charge is 1.87. The first-order chi connectivity index (χ1) is 4.33. The van der Waals surface area contributed by atoms with Gasteiger partial charge in [-0.2, -0.15) is 0 Å². The molecule has 2 radical (unpaired) electrons. The molecule has 1 aromatic heterocycles. The van der Waals surface area contributed by atoms with Crippen molar-refractivity contribution < 1.29 is 0 Å². The van der Waals surface area contributed by atoms with Crippen molar-refractivity contribution in [2.75, 3.05) is 0 Å². The summed E-state index contributed by atoms with van der Waals surface area (Å²) in [5, 5.41) is 2.60. The molecule has 0 spiro atoms. The number of pyridine rings is 1. The summed E-state index contributed by atoms with van der Waals surface area (Å²) in [6.07, 6.45) is 1.39. The Balaban J connectivity index is 3.01. The standard InChI is InChI=1S/C5H3BN2O/c6-4-1-2-5(8-9)7-3-4/h1-3H. The van der Waals surface area contributed by atoms with Crippen LogP contribution in [-0.2, 0) is 0 Å². The second-order valence-corrected chi connectivity index (χ2v) is 1.54. The molecular weight excluding hydrogens is 115 g/mol. The fourth-order valence-electron chi connectivity index (χ4n) is 0.451. The summed E-state index contributed by atoms with van der Waals surface area (Å²) >= 11 is 0. The first-order valence-corrected chi connectivity index (χ1v) is 2.38. The molecular formula is C5H3BN2O. The lowest BCUT2D eigenvalue weighted by Crippen LogP contribution is -2.00. The molecule has 0 atom stereocenters. The molecule has 0 aliphatic heterocycles.